The van der Waals surface area contributed by atoms with Crippen molar-refractivity contribution in [3.05, 3.63) is 35.2 Å². The van der Waals surface area contributed by atoms with Gasteiger partial charge in [0.2, 0.25) is 0 Å². The third-order valence-corrected chi connectivity index (χ3v) is 6.25. The highest BCUT2D eigenvalue weighted by Crippen LogP contribution is 2.42. The van der Waals surface area contributed by atoms with E-state index in [2.05, 4.69) is 31.2 Å². The van der Waals surface area contributed by atoms with E-state index < -0.39 is 0 Å². The number of carbonyl (C=O) groups excluding carboxylic acids is 2. The molecule has 1 aliphatic heterocycles. The molecule has 1 aliphatic carbocycles. The zero-order valence-corrected chi connectivity index (χ0v) is 20.2. The second kappa shape index (κ2) is 9.08. The van der Waals surface area contributed by atoms with Crippen molar-refractivity contribution in [1.29, 1.82) is 0 Å². The standard InChI is InChI=1S/C25H34N4O4/c1-25(2,3)29-20(16-9-10-16)14-19(27-29)23(30)26-18-15-22(33-5)21(32-4)13-17(18)24(31)28-11-7-6-8-12-28/h13-16H,6-12H2,1-5H3,(H,26,30). The van der Waals surface area contributed by atoms with Crippen LogP contribution in [0.15, 0.2) is 18.2 Å². The Kier molecular flexibility index (Phi) is 6.36. The molecule has 2 aliphatic rings. The molecule has 1 N–H and O–H groups in total. The number of benzene rings is 1. The van der Waals surface area contributed by atoms with E-state index in [0.717, 1.165) is 37.8 Å². The van der Waals surface area contributed by atoms with Gasteiger partial charge in [-0.2, -0.15) is 5.10 Å². The fourth-order valence-electron chi connectivity index (χ4n) is 4.33. The van der Waals surface area contributed by atoms with Gasteiger partial charge in [-0.25, -0.2) is 0 Å². The van der Waals surface area contributed by atoms with Crippen molar-refractivity contribution in [2.45, 2.75) is 64.3 Å². The van der Waals surface area contributed by atoms with Gasteiger partial charge in [0.05, 0.1) is 31.0 Å². The first-order chi connectivity index (χ1) is 15.7. The number of piperidine rings is 1. The van der Waals surface area contributed by atoms with Gasteiger partial charge in [0, 0.05) is 30.8 Å². The number of anilines is 1. The highest BCUT2D eigenvalue weighted by molar-refractivity contribution is 6.08. The molecule has 8 nitrogen and oxygen atoms in total. The number of methoxy groups -OCH3 is 2. The third kappa shape index (κ3) is 4.84. The topological polar surface area (TPSA) is 85.7 Å². The number of hydrogen-bond acceptors (Lipinski definition) is 5. The van der Waals surface area contributed by atoms with E-state index in [1.165, 1.54) is 14.2 Å². The molecule has 33 heavy (non-hydrogen) atoms. The Morgan fingerprint density at radius 2 is 1.64 bits per heavy atom. The second-order valence-corrected chi connectivity index (χ2v) is 9.87. The van der Waals surface area contributed by atoms with Gasteiger partial charge < -0.3 is 19.7 Å². The molecule has 178 valence electrons. The number of aromatic nitrogens is 2. The first-order valence-electron chi connectivity index (χ1n) is 11.7. The molecule has 0 bridgehead atoms. The second-order valence-electron chi connectivity index (χ2n) is 9.87. The normalized spacial score (nSPS) is 16.5. The van der Waals surface area contributed by atoms with Crippen LogP contribution in [0.5, 0.6) is 11.5 Å². The molecular weight excluding hydrogens is 420 g/mol. The SMILES string of the molecule is COc1cc(NC(=O)c2cc(C3CC3)n(C(C)(C)C)n2)c(C(=O)N2CCCCC2)cc1OC. The monoisotopic (exact) mass is 454 g/mol. The molecule has 0 spiro atoms. The van der Waals surface area contributed by atoms with Crippen LogP contribution in [0.1, 0.15) is 85.3 Å². The predicted octanol–water partition coefficient (Wildman–Crippen LogP) is 4.41. The summed E-state index contributed by atoms with van der Waals surface area (Å²) in [6.45, 7) is 7.66. The smallest absolute Gasteiger partial charge is 0.276 e. The minimum Gasteiger partial charge on any atom is -0.493 e. The quantitative estimate of drug-likeness (QED) is 0.699. The number of amides is 2. The highest BCUT2D eigenvalue weighted by Gasteiger charge is 2.33. The lowest BCUT2D eigenvalue weighted by Crippen LogP contribution is -2.36. The van der Waals surface area contributed by atoms with E-state index in [0.29, 0.717) is 47.5 Å². The molecule has 8 heteroatoms. The minimum absolute atomic E-state index is 0.121. The van der Waals surface area contributed by atoms with E-state index in [4.69, 9.17) is 9.47 Å². The summed E-state index contributed by atoms with van der Waals surface area (Å²) in [6.07, 6.45) is 5.32. The first-order valence-corrected chi connectivity index (χ1v) is 11.7. The molecule has 0 atom stereocenters. The molecule has 2 amide bonds. The van der Waals surface area contributed by atoms with Crippen LogP contribution in [-0.4, -0.2) is 53.8 Å². The molecule has 2 heterocycles. The number of hydrogen-bond donors (Lipinski definition) is 1. The van der Waals surface area contributed by atoms with Gasteiger partial charge in [0.25, 0.3) is 11.8 Å². The Hall–Kier alpha value is -3.03. The molecule has 4 rings (SSSR count). The maximum atomic E-state index is 13.4. The first kappa shape index (κ1) is 23.1. The van der Waals surface area contributed by atoms with Gasteiger partial charge in [-0.1, -0.05) is 0 Å². The third-order valence-electron chi connectivity index (χ3n) is 6.25. The van der Waals surface area contributed by atoms with Crippen molar-refractivity contribution in [3.8, 4) is 11.5 Å². The van der Waals surface area contributed by atoms with Crippen molar-refractivity contribution in [2.75, 3.05) is 32.6 Å². The summed E-state index contributed by atoms with van der Waals surface area (Å²) in [5, 5.41) is 7.56. The van der Waals surface area contributed by atoms with Crippen LogP contribution in [0.2, 0.25) is 0 Å². The molecule has 1 saturated heterocycles. The Bertz CT molecular complexity index is 1040. The Balaban J connectivity index is 1.68. The van der Waals surface area contributed by atoms with Crippen LogP contribution in [0.4, 0.5) is 5.69 Å². The van der Waals surface area contributed by atoms with Crippen LogP contribution < -0.4 is 14.8 Å². The molecule has 1 saturated carbocycles. The summed E-state index contributed by atoms with van der Waals surface area (Å²) in [6, 6.07) is 5.18. The highest BCUT2D eigenvalue weighted by atomic mass is 16.5. The van der Waals surface area contributed by atoms with Gasteiger partial charge in [0.1, 0.15) is 0 Å². The summed E-state index contributed by atoms with van der Waals surface area (Å²) in [5.41, 5.74) is 1.99. The van der Waals surface area contributed by atoms with Crippen molar-refractivity contribution in [1.82, 2.24) is 14.7 Å². The summed E-state index contributed by atoms with van der Waals surface area (Å²) < 4.78 is 12.8. The van der Waals surface area contributed by atoms with Gasteiger partial charge in [-0.15, -0.1) is 0 Å². The van der Waals surface area contributed by atoms with Crippen molar-refractivity contribution >= 4 is 17.5 Å². The maximum absolute atomic E-state index is 13.4. The number of nitrogens with one attached hydrogen (secondary N) is 1. The molecule has 1 aromatic carbocycles. The van der Waals surface area contributed by atoms with Gasteiger partial charge >= 0.3 is 0 Å². The Morgan fingerprint density at radius 3 is 2.21 bits per heavy atom. The predicted molar refractivity (Wildman–Crippen MR) is 126 cm³/mol. The van der Waals surface area contributed by atoms with Crippen LogP contribution in [0.25, 0.3) is 0 Å². The van der Waals surface area contributed by atoms with Gasteiger partial charge in [-0.3, -0.25) is 14.3 Å². The van der Waals surface area contributed by atoms with Gasteiger partial charge in [0.15, 0.2) is 17.2 Å². The van der Waals surface area contributed by atoms with Crippen molar-refractivity contribution in [3.63, 3.8) is 0 Å². The zero-order valence-electron chi connectivity index (χ0n) is 20.2. The summed E-state index contributed by atoms with van der Waals surface area (Å²) in [7, 11) is 3.06. The van der Waals surface area contributed by atoms with E-state index in [9.17, 15) is 9.59 Å². The molecular formula is C25H34N4O4. The van der Waals surface area contributed by atoms with E-state index in [1.54, 1.807) is 12.1 Å². The number of rotatable bonds is 6. The van der Waals surface area contributed by atoms with E-state index >= 15 is 0 Å². The minimum atomic E-state index is -0.347. The van der Waals surface area contributed by atoms with Crippen LogP contribution in [0, 0.1) is 0 Å². The average Bonchev–Trinajstić information content (AvgIpc) is 3.55. The number of carbonyl (C=O) groups is 2. The maximum Gasteiger partial charge on any atom is 0.276 e. The summed E-state index contributed by atoms with van der Waals surface area (Å²) in [5.74, 6) is 0.881. The summed E-state index contributed by atoms with van der Waals surface area (Å²) in [4.78, 5) is 28.5. The lowest BCUT2D eigenvalue weighted by molar-refractivity contribution is 0.0725. The van der Waals surface area contributed by atoms with Crippen molar-refractivity contribution < 1.29 is 19.1 Å². The lowest BCUT2D eigenvalue weighted by atomic mass is 10.1. The van der Waals surface area contributed by atoms with Gasteiger partial charge in [-0.05, 0) is 65.0 Å². The van der Waals surface area contributed by atoms with E-state index in [1.807, 2.05) is 15.6 Å². The number of ether oxygens (including phenoxy) is 2. The molecule has 0 unspecified atom stereocenters. The number of likely N-dealkylation sites (tertiary alicyclic amines) is 1. The van der Waals surface area contributed by atoms with Crippen LogP contribution in [0.3, 0.4) is 0 Å². The fourth-order valence-corrected chi connectivity index (χ4v) is 4.33. The molecule has 1 aromatic heterocycles. The molecule has 0 radical (unpaired) electrons. The van der Waals surface area contributed by atoms with Crippen molar-refractivity contribution in [2.24, 2.45) is 0 Å². The molecule has 2 fully saturated rings. The zero-order chi connectivity index (χ0) is 23.8. The summed E-state index contributed by atoms with van der Waals surface area (Å²) >= 11 is 0. The van der Waals surface area contributed by atoms with E-state index in [-0.39, 0.29) is 17.4 Å². The molecule has 2 aromatic rings. The van der Waals surface area contributed by atoms with Crippen LogP contribution >= 0.6 is 0 Å². The lowest BCUT2D eigenvalue weighted by Gasteiger charge is -2.28. The fraction of sp³-hybridized carbons (Fsp3) is 0.560. The Labute approximate surface area is 195 Å². The average molecular weight is 455 g/mol. The van der Waals surface area contributed by atoms with Crippen LogP contribution in [-0.2, 0) is 5.54 Å². The Morgan fingerprint density at radius 1 is 1.00 bits per heavy atom. The number of nitrogens with zero attached hydrogens (tertiary/aromatic N) is 3. The largest absolute Gasteiger partial charge is 0.493 e.